The van der Waals surface area contributed by atoms with Gasteiger partial charge in [0.1, 0.15) is 11.6 Å². The number of cyclic esters (lactones) is 1. The number of likely N-dealkylation sites (tertiary alicyclic amines) is 1. The van der Waals surface area contributed by atoms with Gasteiger partial charge in [0.2, 0.25) is 5.91 Å². The smallest absolute Gasteiger partial charge is 0.410 e. The first kappa shape index (κ1) is 21.6. The van der Waals surface area contributed by atoms with Crippen LogP contribution in [0.5, 0.6) is 0 Å². The van der Waals surface area contributed by atoms with Crippen molar-refractivity contribution < 1.29 is 14.3 Å². The summed E-state index contributed by atoms with van der Waals surface area (Å²) in [5.41, 5.74) is 3.03. The monoisotopic (exact) mass is 461 g/mol. The maximum Gasteiger partial charge on any atom is 0.410 e. The molecule has 6 nitrogen and oxygen atoms in total. The third kappa shape index (κ3) is 4.50. The van der Waals surface area contributed by atoms with Gasteiger partial charge < -0.3 is 9.64 Å². The Morgan fingerprint density at radius 3 is 2.42 bits per heavy atom. The SMILES string of the molecule is Cc1sc(-c2ccccc2)nc1CC(=O)N1CCC(N2C(=O)OC[C@H]2c2ccccc2)CC1. The molecule has 2 amide bonds. The van der Waals surface area contributed by atoms with Crippen LogP contribution in [0.3, 0.4) is 0 Å². The van der Waals surface area contributed by atoms with Gasteiger partial charge >= 0.3 is 6.09 Å². The lowest BCUT2D eigenvalue weighted by Crippen LogP contribution is -2.48. The van der Waals surface area contributed by atoms with Crippen molar-refractivity contribution >= 4 is 23.3 Å². The number of hydrogen-bond donors (Lipinski definition) is 0. The quantitative estimate of drug-likeness (QED) is 0.545. The summed E-state index contributed by atoms with van der Waals surface area (Å²) in [7, 11) is 0. The molecule has 2 aliphatic rings. The highest BCUT2D eigenvalue weighted by molar-refractivity contribution is 7.15. The van der Waals surface area contributed by atoms with Crippen LogP contribution in [0.25, 0.3) is 10.6 Å². The summed E-state index contributed by atoms with van der Waals surface area (Å²) in [6, 6.07) is 20.1. The molecule has 0 spiro atoms. The van der Waals surface area contributed by atoms with Gasteiger partial charge in [0.05, 0.1) is 18.2 Å². The van der Waals surface area contributed by atoms with E-state index in [-0.39, 0.29) is 24.1 Å². The minimum absolute atomic E-state index is 0.0555. The van der Waals surface area contributed by atoms with E-state index in [1.807, 2.05) is 77.4 Å². The molecule has 0 unspecified atom stereocenters. The van der Waals surface area contributed by atoms with Crippen molar-refractivity contribution in [3.63, 3.8) is 0 Å². The van der Waals surface area contributed by atoms with Crippen molar-refractivity contribution in [2.45, 2.75) is 38.3 Å². The molecule has 2 aromatic carbocycles. The molecule has 0 radical (unpaired) electrons. The number of nitrogens with zero attached hydrogens (tertiary/aromatic N) is 3. The standard InChI is InChI=1S/C26H27N3O3S/c1-18-22(27-25(33-18)20-10-6-3-7-11-20)16-24(30)28-14-12-21(13-15-28)29-23(17-32-26(29)31)19-8-4-2-5-9-19/h2-11,21,23H,12-17H2,1H3/t23-/m0/s1. The van der Waals surface area contributed by atoms with Crippen LogP contribution in [-0.4, -0.2) is 52.5 Å². The highest BCUT2D eigenvalue weighted by atomic mass is 32.1. The van der Waals surface area contributed by atoms with Crippen LogP contribution in [0.4, 0.5) is 4.79 Å². The van der Waals surface area contributed by atoms with Gasteiger partial charge in [-0.15, -0.1) is 11.3 Å². The summed E-state index contributed by atoms with van der Waals surface area (Å²) >= 11 is 1.63. The maximum absolute atomic E-state index is 13.0. The lowest BCUT2D eigenvalue weighted by Gasteiger charge is -2.38. The molecule has 0 saturated carbocycles. The van der Waals surface area contributed by atoms with Crippen LogP contribution in [-0.2, 0) is 16.0 Å². The first-order valence-electron chi connectivity index (χ1n) is 11.4. The van der Waals surface area contributed by atoms with Crippen LogP contribution in [0.2, 0.25) is 0 Å². The van der Waals surface area contributed by atoms with Gasteiger partial charge in [-0.25, -0.2) is 9.78 Å². The predicted molar refractivity (Wildman–Crippen MR) is 128 cm³/mol. The van der Waals surface area contributed by atoms with E-state index in [2.05, 4.69) is 0 Å². The number of piperidine rings is 1. The Bertz CT molecular complexity index is 1120. The highest BCUT2D eigenvalue weighted by Crippen LogP contribution is 2.33. The van der Waals surface area contributed by atoms with E-state index in [0.29, 0.717) is 26.1 Å². The number of ether oxygens (including phenoxy) is 1. The third-order valence-electron chi connectivity index (χ3n) is 6.54. The average Bonchev–Trinajstić information content (AvgIpc) is 3.42. The Morgan fingerprint density at radius 1 is 1.06 bits per heavy atom. The largest absolute Gasteiger partial charge is 0.447 e. The number of thiazole rings is 1. The molecule has 0 aliphatic carbocycles. The first-order valence-corrected chi connectivity index (χ1v) is 12.2. The zero-order valence-electron chi connectivity index (χ0n) is 18.6. The number of carbonyl (C=O) groups is 2. The van der Waals surface area contributed by atoms with Gasteiger partial charge in [0, 0.05) is 29.6 Å². The van der Waals surface area contributed by atoms with Gasteiger partial charge in [0.25, 0.3) is 0 Å². The van der Waals surface area contributed by atoms with Crippen LogP contribution in [0.1, 0.15) is 35.0 Å². The Labute approximate surface area is 197 Å². The molecule has 0 N–H and O–H groups in total. The van der Waals surface area contributed by atoms with Crippen molar-refractivity contribution in [2.24, 2.45) is 0 Å². The zero-order valence-corrected chi connectivity index (χ0v) is 19.5. The van der Waals surface area contributed by atoms with Crippen LogP contribution in [0.15, 0.2) is 60.7 Å². The van der Waals surface area contributed by atoms with E-state index in [4.69, 9.17) is 9.72 Å². The van der Waals surface area contributed by atoms with E-state index >= 15 is 0 Å². The Morgan fingerprint density at radius 2 is 1.73 bits per heavy atom. The average molecular weight is 462 g/mol. The maximum atomic E-state index is 13.0. The summed E-state index contributed by atoms with van der Waals surface area (Å²) in [6.45, 7) is 3.70. The summed E-state index contributed by atoms with van der Waals surface area (Å²) in [5, 5.41) is 0.953. The van der Waals surface area contributed by atoms with Crippen LogP contribution in [0, 0.1) is 6.92 Å². The number of benzene rings is 2. The van der Waals surface area contributed by atoms with Crippen molar-refractivity contribution in [1.29, 1.82) is 0 Å². The van der Waals surface area contributed by atoms with Crippen molar-refractivity contribution in [1.82, 2.24) is 14.8 Å². The number of aryl methyl sites for hydroxylation is 1. The highest BCUT2D eigenvalue weighted by Gasteiger charge is 2.40. The molecule has 33 heavy (non-hydrogen) atoms. The van der Waals surface area contributed by atoms with Crippen LogP contribution >= 0.6 is 11.3 Å². The summed E-state index contributed by atoms with van der Waals surface area (Å²) in [6.07, 6.45) is 1.59. The van der Waals surface area contributed by atoms with Gasteiger partial charge in [-0.1, -0.05) is 60.7 Å². The van der Waals surface area contributed by atoms with E-state index in [9.17, 15) is 9.59 Å². The van der Waals surface area contributed by atoms with Crippen molar-refractivity contribution in [3.8, 4) is 10.6 Å². The summed E-state index contributed by atoms with van der Waals surface area (Å²) in [4.78, 5) is 35.1. The fourth-order valence-electron chi connectivity index (χ4n) is 4.71. The number of rotatable bonds is 5. The molecule has 1 aromatic heterocycles. The van der Waals surface area contributed by atoms with E-state index < -0.39 is 0 Å². The number of amides is 2. The van der Waals surface area contributed by atoms with E-state index in [1.54, 1.807) is 11.3 Å². The third-order valence-corrected chi connectivity index (χ3v) is 7.60. The van der Waals surface area contributed by atoms with Gasteiger partial charge in [-0.05, 0) is 25.3 Å². The first-order chi connectivity index (χ1) is 16.1. The molecule has 1 atom stereocenters. The van der Waals surface area contributed by atoms with Gasteiger partial charge in [0.15, 0.2) is 0 Å². The van der Waals surface area contributed by atoms with E-state index in [1.165, 1.54) is 0 Å². The lowest BCUT2D eigenvalue weighted by molar-refractivity contribution is -0.132. The predicted octanol–water partition coefficient (Wildman–Crippen LogP) is 4.85. The zero-order chi connectivity index (χ0) is 22.8. The number of carbonyl (C=O) groups excluding carboxylic acids is 2. The molecule has 0 bridgehead atoms. The molecule has 7 heteroatoms. The molecule has 3 heterocycles. The summed E-state index contributed by atoms with van der Waals surface area (Å²) in [5.74, 6) is 0.102. The normalized spacial score (nSPS) is 19.1. The second-order valence-electron chi connectivity index (χ2n) is 8.59. The second kappa shape index (κ2) is 9.35. The molecule has 2 aliphatic heterocycles. The minimum atomic E-state index is -0.250. The Balaban J connectivity index is 1.21. The molecule has 5 rings (SSSR count). The molecular weight excluding hydrogens is 434 g/mol. The topological polar surface area (TPSA) is 62.7 Å². The van der Waals surface area contributed by atoms with Crippen molar-refractivity contribution in [2.75, 3.05) is 19.7 Å². The Kier molecular flexibility index (Phi) is 6.13. The molecule has 2 fully saturated rings. The minimum Gasteiger partial charge on any atom is -0.447 e. The van der Waals surface area contributed by atoms with Gasteiger partial charge in [-0.3, -0.25) is 9.69 Å². The number of hydrogen-bond acceptors (Lipinski definition) is 5. The van der Waals surface area contributed by atoms with Gasteiger partial charge in [-0.2, -0.15) is 0 Å². The second-order valence-corrected chi connectivity index (χ2v) is 9.79. The molecule has 3 aromatic rings. The fraction of sp³-hybridized carbons (Fsp3) is 0.346. The van der Waals surface area contributed by atoms with Crippen molar-refractivity contribution in [3.05, 3.63) is 76.8 Å². The fourth-order valence-corrected chi connectivity index (χ4v) is 5.65. The lowest BCUT2D eigenvalue weighted by atomic mass is 9.99. The van der Waals surface area contributed by atoms with E-state index in [0.717, 1.165) is 39.5 Å². The molecular formula is C26H27N3O3S. The molecule has 170 valence electrons. The summed E-state index contributed by atoms with van der Waals surface area (Å²) < 4.78 is 5.39. The van der Waals surface area contributed by atoms with Crippen LogP contribution < -0.4 is 0 Å². The number of aromatic nitrogens is 1. The molecule has 2 saturated heterocycles. The Hall–Kier alpha value is -3.19.